The monoisotopic (exact) mass is 227 g/mol. The molecule has 0 aliphatic heterocycles. The van der Waals surface area contributed by atoms with E-state index < -0.39 is 0 Å². The van der Waals surface area contributed by atoms with E-state index in [0.717, 1.165) is 13.0 Å². The van der Waals surface area contributed by atoms with Crippen LogP contribution in [0.5, 0.6) is 0 Å². The summed E-state index contributed by atoms with van der Waals surface area (Å²) in [7, 11) is 1.99. The van der Waals surface area contributed by atoms with Crippen molar-refractivity contribution in [2.45, 2.75) is 12.8 Å². The second-order valence-corrected chi connectivity index (χ2v) is 3.75. The molecule has 0 bridgehead atoms. The minimum absolute atomic E-state index is 1.09. The highest BCUT2D eigenvalue weighted by atomic mass is 79.9. The van der Waals surface area contributed by atoms with Crippen LogP contribution in [0.4, 0.5) is 0 Å². The van der Waals surface area contributed by atoms with Gasteiger partial charge in [0.25, 0.3) is 0 Å². The molecule has 1 rings (SSSR count). The number of nitrogens with one attached hydrogen (secondary N) is 1. The van der Waals surface area contributed by atoms with Crippen molar-refractivity contribution in [3.63, 3.8) is 0 Å². The highest BCUT2D eigenvalue weighted by Gasteiger charge is 1.92. The van der Waals surface area contributed by atoms with Crippen LogP contribution in [-0.2, 0) is 6.42 Å². The number of hydrogen-bond donors (Lipinski definition) is 1. The Bertz CT molecular complexity index is 235. The number of aryl methyl sites for hydroxylation is 1. The van der Waals surface area contributed by atoms with E-state index in [1.54, 1.807) is 0 Å². The highest BCUT2D eigenvalue weighted by molar-refractivity contribution is 9.10. The molecule has 0 radical (unpaired) electrons. The van der Waals surface area contributed by atoms with Gasteiger partial charge < -0.3 is 5.32 Å². The van der Waals surface area contributed by atoms with Crippen molar-refractivity contribution in [2.75, 3.05) is 13.6 Å². The van der Waals surface area contributed by atoms with E-state index >= 15 is 0 Å². The Kier molecular flexibility index (Phi) is 4.33. The fraction of sp³-hybridized carbons (Fsp3) is 0.400. The lowest BCUT2D eigenvalue weighted by Crippen LogP contribution is -2.08. The van der Waals surface area contributed by atoms with Crippen molar-refractivity contribution in [3.8, 4) is 0 Å². The molecule has 0 aromatic heterocycles. The SMILES string of the molecule is CNCCCc1cccc(Br)c1. The summed E-state index contributed by atoms with van der Waals surface area (Å²) in [6.07, 6.45) is 2.35. The van der Waals surface area contributed by atoms with Crippen LogP contribution in [0.15, 0.2) is 28.7 Å². The molecule has 0 unspecified atom stereocenters. The third kappa shape index (κ3) is 3.37. The Balaban J connectivity index is 2.41. The zero-order valence-electron chi connectivity index (χ0n) is 7.31. The van der Waals surface area contributed by atoms with Crippen LogP contribution >= 0.6 is 15.9 Å². The molecular formula is C10H14BrN. The first kappa shape index (κ1) is 9.75. The van der Waals surface area contributed by atoms with Crippen molar-refractivity contribution < 1.29 is 0 Å². The van der Waals surface area contributed by atoms with E-state index in [4.69, 9.17) is 0 Å². The van der Waals surface area contributed by atoms with Gasteiger partial charge in [0.05, 0.1) is 0 Å². The van der Waals surface area contributed by atoms with Crippen molar-refractivity contribution in [1.82, 2.24) is 5.32 Å². The molecule has 0 amide bonds. The molecule has 0 spiro atoms. The topological polar surface area (TPSA) is 12.0 Å². The molecule has 0 heterocycles. The molecule has 0 saturated heterocycles. The third-order valence-electron chi connectivity index (χ3n) is 1.78. The largest absolute Gasteiger partial charge is 0.320 e. The summed E-state index contributed by atoms with van der Waals surface area (Å²) < 4.78 is 1.17. The average Bonchev–Trinajstić information content (AvgIpc) is 2.05. The fourth-order valence-electron chi connectivity index (χ4n) is 1.16. The summed E-state index contributed by atoms with van der Waals surface area (Å²) >= 11 is 3.46. The molecule has 66 valence electrons. The fourth-order valence-corrected chi connectivity index (χ4v) is 1.61. The van der Waals surface area contributed by atoms with Gasteiger partial charge in [0.2, 0.25) is 0 Å². The van der Waals surface area contributed by atoms with Crippen molar-refractivity contribution >= 4 is 15.9 Å². The Morgan fingerprint density at radius 2 is 2.25 bits per heavy atom. The van der Waals surface area contributed by atoms with E-state index in [2.05, 4.69) is 45.5 Å². The van der Waals surface area contributed by atoms with Crippen LogP contribution in [0.1, 0.15) is 12.0 Å². The Morgan fingerprint density at radius 3 is 2.92 bits per heavy atom. The first-order valence-electron chi connectivity index (χ1n) is 4.22. The highest BCUT2D eigenvalue weighted by Crippen LogP contribution is 2.12. The van der Waals surface area contributed by atoms with Gasteiger partial charge in [-0.25, -0.2) is 0 Å². The maximum absolute atomic E-state index is 3.46. The summed E-state index contributed by atoms with van der Waals surface area (Å²) in [5.41, 5.74) is 1.40. The van der Waals surface area contributed by atoms with E-state index in [1.165, 1.54) is 16.5 Å². The number of rotatable bonds is 4. The van der Waals surface area contributed by atoms with E-state index in [1.807, 2.05) is 7.05 Å². The summed E-state index contributed by atoms with van der Waals surface area (Å²) in [6, 6.07) is 8.48. The second kappa shape index (κ2) is 5.33. The summed E-state index contributed by atoms with van der Waals surface area (Å²) in [5.74, 6) is 0. The van der Waals surface area contributed by atoms with E-state index in [0.29, 0.717) is 0 Å². The van der Waals surface area contributed by atoms with Crippen LogP contribution < -0.4 is 5.32 Å². The quantitative estimate of drug-likeness (QED) is 0.781. The van der Waals surface area contributed by atoms with Gasteiger partial charge in [0.1, 0.15) is 0 Å². The minimum Gasteiger partial charge on any atom is -0.320 e. The van der Waals surface area contributed by atoms with Crippen molar-refractivity contribution in [3.05, 3.63) is 34.3 Å². The predicted octanol–water partition coefficient (Wildman–Crippen LogP) is 2.60. The number of hydrogen-bond acceptors (Lipinski definition) is 1. The molecule has 0 aliphatic carbocycles. The predicted molar refractivity (Wildman–Crippen MR) is 56.4 cm³/mol. The van der Waals surface area contributed by atoms with E-state index in [9.17, 15) is 0 Å². The molecule has 1 aromatic carbocycles. The van der Waals surface area contributed by atoms with Gasteiger partial charge in [-0.05, 0) is 44.1 Å². The standard InChI is InChI=1S/C10H14BrN/c1-12-7-3-5-9-4-2-6-10(11)8-9/h2,4,6,8,12H,3,5,7H2,1H3. The Labute approximate surface area is 82.3 Å². The molecule has 2 heteroatoms. The van der Waals surface area contributed by atoms with Gasteiger partial charge in [0.15, 0.2) is 0 Å². The molecule has 0 saturated carbocycles. The average molecular weight is 228 g/mol. The molecule has 1 nitrogen and oxygen atoms in total. The first-order valence-corrected chi connectivity index (χ1v) is 5.01. The first-order chi connectivity index (χ1) is 5.83. The molecule has 0 aliphatic rings. The molecule has 1 N–H and O–H groups in total. The Hall–Kier alpha value is -0.340. The smallest absolute Gasteiger partial charge is 0.0177 e. The van der Waals surface area contributed by atoms with Crippen LogP contribution in [0.3, 0.4) is 0 Å². The van der Waals surface area contributed by atoms with Gasteiger partial charge in [-0.15, -0.1) is 0 Å². The van der Waals surface area contributed by atoms with Gasteiger partial charge in [-0.3, -0.25) is 0 Å². The summed E-state index contributed by atoms with van der Waals surface area (Å²) in [6.45, 7) is 1.09. The minimum atomic E-state index is 1.09. The normalized spacial score (nSPS) is 10.2. The van der Waals surface area contributed by atoms with Crippen LogP contribution in [0.2, 0.25) is 0 Å². The summed E-state index contributed by atoms with van der Waals surface area (Å²) in [4.78, 5) is 0. The zero-order valence-corrected chi connectivity index (χ0v) is 8.89. The van der Waals surface area contributed by atoms with Gasteiger partial charge in [0, 0.05) is 4.47 Å². The molecule has 0 atom stereocenters. The lowest BCUT2D eigenvalue weighted by molar-refractivity contribution is 0.724. The maximum atomic E-state index is 3.46. The van der Waals surface area contributed by atoms with Gasteiger partial charge in [-0.1, -0.05) is 28.1 Å². The number of benzene rings is 1. The van der Waals surface area contributed by atoms with Crippen molar-refractivity contribution in [1.29, 1.82) is 0 Å². The van der Waals surface area contributed by atoms with Crippen LogP contribution in [-0.4, -0.2) is 13.6 Å². The van der Waals surface area contributed by atoms with Crippen LogP contribution in [0.25, 0.3) is 0 Å². The van der Waals surface area contributed by atoms with Gasteiger partial charge >= 0.3 is 0 Å². The van der Waals surface area contributed by atoms with Crippen molar-refractivity contribution in [2.24, 2.45) is 0 Å². The van der Waals surface area contributed by atoms with Gasteiger partial charge in [-0.2, -0.15) is 0 Å². The molecule has 12 heavy (non-hydrogen) atoms. The third-order valence-corrected chi connectivity index (χ3v) is 2.27. The number of halogens is 1. The maximum Gasteiger partial charge on any atom is 0.0177 e. The molecule has 0 fully saturated rings. The lowest BCUT2D eigenvalue weighted by Gasteiger charge is -2.00. The zero-order chi connectivity index (χ0) is 8.81. The molecular weight excluding hydrogens is 214 g/mol. The van der Waals surface area contributed by atoms with Crippen LogP contribution in [0, 0.1) is 0 Å². The van der Waals surface area contributed by atoms with E-state index in [-0.39, 0.29) is 0 Å². The Morgan fingerprint density at radius 1 is 1.42 bits per heavy atom. The second-order valence-electron chi connectivity index (χ2n) is 2.84. The lowest BCUT2D eigenvalue weighted by atomic mass is 10.1. The summed E-state index contributed by atoms with van der Waals surface area (Å²) in [5, 5.41) is 3.14. The molecule has 1 aromatic rings.